The van der Waals surface area contributed by atoms with E-state index in [0.29, 0.717) is 17.0 Å². The van der Waals surface area contributed by atoms with E-state index in [-0.39, 0.29) is 27.7 Å². The van der Waals surface area contributed by atoms with Gasteiger partial charge in [-0.2, -0.15) is 0 Å². The number of hydrogen-bond donors (Lipinski definition) is 1. The van der Waals surface area contributed by atoms with Crippen molar-refractivity contribution >= 4 is 34.7 Å². The number of carbonyl (C=O) groups is 2. The van der Waals surface area contributed by atoms with Crippen molar-refractivity contribution < 1.29 is 24.2 Å². The average Bonchev–Trinajstić information content (AvgIpc) is 3.09. The molecule has 1 unspecified atom stereocenters. The van der Waals surface area contributed by atoms with E-state index in [0.717, 1.165) is 5.56 Å². The Morgan fingerprint density at radius 3 is 2.30 bits per heavy atom. The van der Waals surface area contributed by atoms with Crippen LogP contribution in [0.4, 0.5) is 5.69 Å². The van der Waals surface area contributed by atoms with E-state index in [1.165, 1.54) is 12.0 Å². The van der Waals surface area contributed by atoms with Crippen LogP contribution in [0, 0.1) is 6.92 Å². The van der Waals surface area contributed by atoms with Crippen molar-refractivity contribution in [2.24, 2.45) is 0 Å². The third-order valence-corrected chi connectivity index (χ3v) is 5.74. The number of ketones is 1. The van der Waals surface area contributed by atoms with Crippen molar-refractivity contribution in [2.75, 3.05) is 19.1 Å². The number of aryl methyl sites for hydroxylation is 1. The Hall–Kier alpha value is -3.84. The number of aromatic nitrogens is 1. The fraction of sp³-hybridized carbons (Fsp3) is 0.160. The number of hydrogen-bond acceptors (Lipinski definition) is 6. The number of carbonyl (C=O) groups excluding carboxylic acids is 2. The van der Waals surface area contributed by atoms with Crippen LogP contribution in [0.15, 0.2) is 66.5 Å². The Balaban J connectivity index is 1.97. The normalized spacial score (nSPS) is 17.3. The van der Waals surface area contributed by atoms with E-state index in [4.69, 9.17) is 21.1 Å². The summed E-state index contributed by atoms with van der Waals surface area (Å²) in [7, 11) is 2.96. The zero-order valence-electron chi connectivity index (χ0n) is 18.2. The van der Waals surface area contributed by atoms with Crippen LogP contribution in [0.2, 0.25) is 5.02 Å². The molecule has 1 saturated heterocycles. The lowest BCUT2D eigenvalue weighted by atomic mass is 9.95. The molecule has 0 radical (unpaired) electrons. The number of anilines is 1. The number of pyridine rings is 1. The molecule has 1 aliphatic heterocycles. The van der Waals surface area contributed by atoms with Crippen LogP contribution in [0.5, 0.6) is 11.5 Å². The number of aliphatic hydroxyl groups excluding tert-OH is 1. The molecule has 0 bridgehead atoms. The van der Waals surface area contributed by atoms with Crippen LogP contribution in [0.1, 0.15) is 22.7 Å². The van der Waals surface area contributed by atoms with Crippen molar-refractivity contribution in [3.63, 3.8) is 0 Å². The summed E-state index contributed by atoms with van der Waals surface area (Å²) < 4.78 is 10.6. The number of aliphatic hydroxyl groups is 1. The smallest absolute Gasteiger partial charge is 0.300 e. The maximum Gasteiger partial charge on any atom is 0.300 e. The van der Waals surface area contributed by atoms with E-state index < -0.39 is 17.7 Å². The quantitative estimate of drug-likeness (QED) is 0.335. The van der Waals surface area contributed by atoms with E-state index in [2.05, 4.69) is 4.98 Å². The maximum atomic E-state index is 13.3. The first-order valence-electron chi connectivity index (χ1n) is 10.1. The van der Waals surface area contributed by atoms with Crippen molar-refractivity contribution in [3.05, 3.63) is 88.2 Å². The third kappa shape index (κ3) is 3.91. The summed E-state index contributed by atoms with van der Waals surface area (Å²) in [5.74, 6) is -1.13. The first kappa shape index (κ1) is 22.4. The van der Waals surface area contributed by atoms with Gasteiger partial charge < -0.3 is 14.6 Å². The Morgan fingerprint density at radius 1 is 1.03 bits per heavy atom. The van der Waals surface area contributed by atoms with Gasteiger partial charge in [-0.05, 0) is 66.6 Å². The Kier molecular flexibility index (Phi) is 6.07. The summed E-state index contributed by atoms with van der Waals surface area (Å²) in [6.45, 7) is 1.80. The monoisotopic (exact) mass is 464 g/mol. The van der Waals surface area contributed by atoms with Gasteiger partial charge >= 0.3 is 0 Å². The van der Waals surface area contributed by atoms with Crippen LogP contribution in [0.3, 0.4) is 0 Å². The van der Waals surface area contributed by atoms with Gasteiger partial charge in [0.05, 0.1) is 36.4 Å². The second-order valence-corrected chi connectivity index (χ2v) is 7.88. The predicted molar refractivity (Wildman–Crippen MR) is 125 cm³/mol. The van der Waals surface area contributed by atoms with E-state index >= 15 is 0 Å². The number of nitrogens with zero attached hydrogens (tertiary/aromatic N) is 2. The zero-order chi connectivity index (χ0) is 23.7. The number of halogens is 1. The molecule has 7 nitrogen and oxygen atoms in total. The van der Waals surface area contributed by atoms with Crippen molar-refractivity contribution in [1.82, 2.24) is 4.98 Å². The molecule has 1 atom stereocenters. The van der Waals surface area contributed by atoms with E-state index in [1.807, 2.05) is 0 Å². The Bertz CT molecular complexity index is 1260. The molecule has 1 aliphatic rings. The fourth-order valence-corrected chi connectivity index (χ4v) is 4.31. The standard InChI is InChI=1S/C25H21ClN2O5/c1-14-12-18(24(33-3)19(26)13-14)22(29)20-21(15-8-10-27-11-9-15)28(25(31)23(20)30)16-4-6-17(32-2)7-5-16/h4-13,21,29H,1-3H3/b22-20+. The van der Waals surface area contributed by atoms with Crippen LogP contribution in [0.25, 0.3) is 5.76 Å². The molecule has 3 aromatic rings. The van der Waals surface area contributed by atoms with Crippen LogP contribution < -0.4 is 14.4 Å². The Morgan fingerprint density at radius 2 is 1.70 bits per heavy atom. The average molecular weight is 465 g/mol. The minimum absolute atomic E-state index is 0.0676. The molecule has 1 N–H and O–H groups in total. The molecular formula is C25H21ClN2O5. The Labute approximate surface area is 195 Å². The summed E-state index contributed by atoms with van der Waals surface area (Å²) in [6, 6.07) is 12.6. The molecule has 0 spiro atoms. The van der Waals surface area contributed by atoms with E-state index in [1.54, 1.807) is 75.0 Å². The first-order valence-corrected chi connectivity index (χ1v) is 10.4. The lowest BCUT2D eigenvalue weighted by Gasteiger charge is -2.25. The SMILES string of the molecule is COc1ccc(N2C(=O)C(=O)/C(=C(/O)c3cc(C)cc(Cl)c3OC)C2c2ccncc2)cc1. The number of amides is 1. The summed E-state index contributed by atoms with van der Waals surface area (Å²) in [5, 5.41) is 11.6. The molecule has 0 aliphatic carbocycles. The molecule has 33 heavy (non-hydrogen) atoms. The highest BCUT2D eigenvalue weighted by molar-refractivity contribution is 6.51. The highest BCUT2D eigenvalue weighted by Gasteiger charge is 2.47. The number of benzene rings is 2. The first-order chi connectivity index (χ1) is 15.9. The molecule has 168 valence electrons. The van der Waals surface area contributed by atoms with Gasteiger partial charge in [0, 0.05) is 18.1 Å². The van der Waals surface area contributed by atoms with Gasteiger partial charge in [-0.25, -0.2) is 0 Å². The fourth-order valence-electron chi connectivity index (χ4n) is 3.96. The number of ether oxygens (including phenoxy) is 2. The molecule has 1 aromatic heterocycles. The van der Waals surface area contributed by atoms with Gasteiger partial charge in [-0.15, -0.1) is 0 Å². The summed E-state index contributed by atoms with van der Waals surface area (Å²) >= 11 is 6.32. The number of Topliss-reactive ketones (excluding diaryl/α,β-unsaturated/α-hetero) is 1. The molecule has 2 aromatic carbocycles. The summed E-state index contributed by atoms with van der Waals surface area (Å²) in [6.07, 6.45) is 3.13. The topological polar surface area (TPSA) is 89.0 Å². The molecule has 2 heterocycles. The van der Waals surface area contributed by atoms with Crippen LogP contribution >= 0.6 is 11.6 Å². The van der Waals surface area contributed by atoms with Gasteiger partial charge in [-0.1, -0.05) is 11.6 Å². The zero-order valence-corrected chi connectivity index (χ0v) is 19.0. The summed E-state index contributed by atoms with van der Waals surface area (Å²) in [5.41, 5.74) is 2.01. The maximum absolute atomic E-state index is 13.3. The third-order valence-electron chi connectivity index (χ3n) is 5.46. The second kappa shape index (κ2) is 8.96. The minimum Gasteiger partial charge on any atom is -0.507 e. The lowest BCUT2D eigenvalue weighted by Crippen LogP contribution is -2.29. The van der Waals surface area contributed by atoms with Gasteiger partial charge in [0.15, 0.2) is 0 Å². The van der Waals surface area contributed by atoms with Crippen LogP contribution in [-0.4, -0.2) is 36.0 Å². The largest absolute Gasteiger partial charge is 0.507 e. The van der Waals surface area contributed by atoms with Gasteiger partial charge in [-0.3, -0.25) is 19.5 Å². The molecule has 1 fully saturated rings. The van der Waals surface area contributed by atoms with Crippen molar-refractivity contribution in [3.8, 4) is 11.5 Å². The van der Waals surface area contributed by atoms with Crippen LogP contribution in [-0.2, 0) is 9.59 Å². The number of rotatable bonds is 5. The van der Waals surface area contributed by atoms with Gasteiger partial charge in [0.25, 0.3) is 11.7 Å². The lowest BCUT2D eigenvalue weighted by molar-refractivity contribution is -0.132. The van der Waals surface area contributed by atoms with Crippen molar-refractivity contribution in [2.45, 2.75) is 13.0 Å². The highest BCUT2D eigenvalue weighted by Crippen LogP contribution is 2.44. The molecule has 4 rings (SSSR count). The second-order valence-electron chi connectivity index (χ2n) is 7.48. The van der Waals surface area contributed by atoms with Crippen molar-refractivity contribution in [1.29, 1.82) is 0 Å². The molecular weight excluding hydrogens is 444 g/mol. The van der Waals surface area contributed by atoms with Gasteiger partial charge in [0.1, 0.15) is 17.3 Å². The molecule has 8 heteroatoms. The number of methoxy groups -OCH3 is 2. The van der Waals surface area contributed by atoms with Gasteiger partial charge in [0.2, 0.25) is 0 Å². The molecule has 0 saturated carbocycles. The highest BCUT2D eigenvalue weighted by atomic mass is 35.5. The molecule has 1 amide bonds. The summed E-state index contributed by atoms with van der Waals surface area (Å²) in [4.78, 5) is 31.8. The minimum atomic E-state index is -0.884. The van der Waals surface area contributed by atoms with E-state index in [9.17, 15) is 14.7 Å². The predicted octanol–water partition coefficient (Wildman–Crippen LogP) is 4.69.